The molecule has 2 aromatic heterocycles. The summed E-state index contributed by atoms with van der Waals surface area (Å²) in [6.07, 6.45) is 3.26. The number of halogens is 1. The van der Waals surface area contributed by atoms with Gasteiger partial charge in [-0.05, 0) is 48.0 Å². The summed E-state index contributed by atoms with van der Waals surface area (Å²) in [4.78, 5) is 9.82. The zero-order valence-corrected chi connectivity index (χ0v) is 21.8. The molecule has 1 aliphatic rings. The molecule has 0 bridgehead atoms. The lowest BCUT2D eigenvalue weighted by atomic mass is 10.0. The van der Waals surface area contributed by atoms with E-state index in [1.165, 1.54) is 0 Å². The maximum absolute atomic E-state index is 11.8. The third-order valence-electron chi connectivity index (χ3n) is 6.18. The lowest BCUT2D eigenvalue weighted by molar-refractivity contribution is 0.463. The van der Waals surface area contributed by atoms with Gasteiger partial charge in [0, 0.05) is 28.1 Å². The van der Waals surface area contributed by atoms with Gasteiger partial charge < -0.3 is 4.42 Å². The molecule has 5 aromatic rings. The number of nitrogens with one attached hydrogen (secondary N) is 1. The Balaban J connectivity index is 1.49. The number of hydrazone groups is 1. The Bertz CT molecular complexity index is 1770. The van der Waals surface area contributed by atoms with Crippen LogP contribution in [0.15, 0.2) is 101 Å². The number of nitrogens with zero attached hydrogens (tertiary/aromatic N) is 4. The molecule has 38 heavy (non-hydrogen) atoms. The van der Waals surface area contributed by atoms with Crippen molar-refractivity contribution in [1.82, 2.24) is 9.97 Å². The van der Waals surface area contributed by atoms with Gasteiger partial charge in [-0.1, -0.05) is 54.1 Å². The van der Waals surface area contributed by atoms with Crippen LogP contribution in [0.3, 0.4) is 0 Å². The van der Waals surface area contributed by atoms with Gasteiger partial charge in [-0.2, -0.15) is 5.10 Å². The van der Waals surface area contributed by atoms with E-state index in [-0.39, 0.29) is 6.04 Å². The Kier molecular flexibility index (Phi) is 6.09. The molecule has 1 aliphatic heterocycles. The summed E-state index contributed by atoms with van der Waals surface area (Å²) in [6.45, 7) is 0. The maximum Gasteiger partial charge on any atom is 0.248 e. The van der Waals surface area contributed by atoms with E-state index in [4.69, 9.17) is 31.1 Å². The first-order valence-corrected chi connectivity index (χ1v) is 14.1. The standard InChI is InChI=1S/C28H22ClN5O3S/c1-38(35,36)33-21-10-5-9-19(15-21)24-17-25(26-11-6-14-37-26)34(32-24)28-30-23-13-12-20(29)16-22(23)27(31-28)18-7-3-2-4-8-18/h2-16,25,33H,17H2,1H3/t25-/m0/s1. The molecule has 10 heteroatoms. The van der Waals surface area contributed by atoms with Gasteiger partial charge in [-0.15, -0.1) is 0 Å². The molecule has 190 valence electrons. The summed E-state index contributed by atoms with van der Waals surface area (Å²) in [5.41, 5.74) is 4.42. The largest absolute Gasteiger partial charge is 0.467 e. The molecule has 1 atom stereocenters. The molecule has 0 aliphatic carbocycles. The second kappa shape index (κ2) is 9.59. The molecule has 1 N–H and O–H groups in total. The average molecular weight is 544 g/mol. The number of furan rings is 1. The Labute approximate surface area is 224 Å². The number of anilines is 2. The number of fused-ring (bicyclic) bond motifs is 1. The maximum atomic E-state index is 11.8. The van der Waals surface area contributed by atoms with Gasteiger partial charge in [-0.3, -0.25) is 4.72 Å². The second-order valence-corrected chi connectivity index (χ2v) is 11.2. The average Bonchev–Trinajstić information content (AvgIpc) is 3.58. The molecule has 6 rings (SSSR count). The monoisotopic (exact) mass is 543 g/mol. The van der Waals surface area contributed by atoms with Crippen LogP contribution in [-0.4, -0.2) is 30.4 Å². The SMILES string of the molecule is CS(=O)(=O)Nc1cccc(C2=NN(c3nc(-c4ccccc4)c4cc(Cl)ccc4n3)[C@H](c3ccco3)C2)c1. The zero-order chi connectivity index (χ0) is 26.3. The Morgan fingerprint density at radius 1 is 0.947 bits per heavy atom. The number of hydrogen-bond acceptors (Lipinski definition) is 7. The van der Waals surface area contributed by atoms with Gasteiger partial charge in [-0.25, -0.2) is 23.4 Å². The van der Waals surface area contributed by atoms with Crippen LogP contribution in [-0.2, 0) is 10.0 Å². The van der Waals surface area contributed by atoms with E-state index in [0.29, 0.717) is 23.1 Å². The van der Waals surface area contributed by atoms with E-state index in [9.17, 15) is 8.42 Å². The van der Waals surface area contributed by atoms with Crippen LogP contribution in [0.2, 0.25) is 5.02 Å². The summed E-state index contributed by atoms with van der Waals surface area (Å²) < 4.78 is 31.8. The van der Waals surface area contributed by atoms with E-state index >= 15 is 0 Å². The van der Waals surface area contributed by atoms with Gasteiger partial charge >= 0.3 is 0 Å². The molecule has 0 saturated heterocycles. The molecule has 0 radical (unpaired) electrons. The van der Waals surface area contributed by atoms with Crippen LogP contribution in [0, 0.1) is 0 Å². The fourth-order valence-corrected chi connectivity index (χ4v) is 5.28. The first-order chi connectivity index (χ1) is 18.3. The first-order valence-electron chi connectivity index (χ1n) is 11.9. The van der Waals surface area contributed by atoms with Crippen LogP contribution < -0.4 is 9.73 Å². The highest BCUT2D eigenvalue weighted by atomic mass is 35.5. The zero-order valence-electron chi connectivity index (χ0n) is 20.2. The smallest absolute Gasteiger partial charge is 0.248 e. The summed E-state index contributed by atoms with van der Waals surface area (Å²) in [6, 6.07) is 26.0. The first kappa shape index (κ1) is 24.1. The van der Waals surface area contributed by atoms with Crippen LogP contribution in [0.25, 0.3) is 22.2 Å². The molecule has 0 fully saturated rings. The fourth-order valence-electron chi connectivity index (χ4n) is 4.56. The van der Waals surface area contributed by atoms with Gasteiger partial charge in [0.2, 0.25) is 16.0 Å². The van der Waals surface area contributed by atoms with Crippen molar-refractivity contribution >= 4 is 49.9 Å². The van der Waals surface area contributed by atoms with Crippen LogP contribution in [0.4, 0.5) is 11.6 Å². The minimum Gasteiger partial charge on any atom is -0.467 e. The number of hydrogen-bond donors (Lipinski definition) is 1. The van der Waals surface area contributed by atoms with E-state index in [2.05, 4.69) is 4.72 Å². The Hall–Kier alpha value is -4.21. The van der Waals surface area contributed by atoms with Gasteiger partial charge in [0.25, 0.3) is 0 Å². The molecule has 3 aromatic carbocycles. The normalized spacial score (nSPS) is 15.6. The highest BCUT2D eigenvalue weighted by Gasteiger charge is 2.34. The molecule has 0 unspecified atom stereocenters. The van der Waals surface area contributed by atoms with E-state index in [0.717, 1.165) is 45.5 Å². The summed E-state index contributed by atoms with van der Waals surface area (Å²) in [7, 11) is -3.42. The number of benzene rings is 3. The third-order valence-corrected chi connectivity index (χ3v) is 7.02. The van der Waals surface area contributed by atoms with Crippen molar-refractivity contribution in [3.63, 3.8) is 0 Å². The lowest BCUT2D eigenvalue weighted by Crippen LogP contribution is -2.20. The van der Waals surface area contributed by atoms with E-state index in [1.807, 2.05) is 60.7 Å². The number of sulfonamides is 1. The third kappa shape index (κ3) is 4.85. The molecular weight excluding hydrogens is 522 g/mol. The van der Waals surface area contributed by atoms with Gasteiger partial charge in [0.1, 0.15) is 11.8 Å². The predicted octanol–water partition coefficient (Wildman–Crippen LogP) is 6.27. The van der Waals surface area contributed by atoms with Gasteiger partial charge in [0.15, 0.2) is 0 Å². The van der Waals surface area contributed by atoms with E-state index in [1.54, 1.807) is 35.5 Å². The minimum absolute atomic E-state index is 0.292. The summed E-state index contributed by atoms with van der Waals surface area (Å²) in [5, 5.41) is 8.13. The van der Waals surface area contributed by atoms with Crippen molar-refractivity contribution in [1.29, 1.82) is 0 Å². The molecule has 0 saturated carbocycles. The number of aromatic nitrogens is 2. The van der Waals surface area contributed by atoms with Crippen molar-refractivity contribution in [2.24, 2.45) is 5.10 Å². The van der Waals surface area contributed by atoms with Crippen molar-refractivity contribution < 1.29 is 12.8 Å². The molecule has 3 heterocycles. The Morgan fingerprint density at radius 3 is 2.53 bits per heavy atom. The van der Waals surface area contributed by atoms with Crippen LogP contribution in [0.1, 0.15) is 23.8 Å². The summed E-state index contributed by atoms with van der Waals surface area (Å²) >= 11 is 6.33. The van der Waals surface area contributed by atoms with Crippen molar-refractivity contribution in [3.05, 3.63) is 108 Å². The topological polar surface area (TPSA) is 101 Å². The second-order valence-electron chi connectivity index (χ2n) is 8.98. The van der Waals surface area contributed by atoms with Crippen LogP contribution in [0.5, 0.6) is 0 Å². The van der Waals surface area contributed by atoms with Crippen molar-refractivity contribution in [3.8, 4) is 11.3 Å². The predicted molar refractivity (Wildman–Crippen MR) is 150 cm³/mol. The summed E-state index contributed by atoms with van der Waals surface area (Å²) in [5.74, 6) is 1.13. The molecule has 8 nitrogen and oxygen atoms in total. The lowest BCUT2D eigenvalue weighted by Gasteiger charge is -2.21. The number of rotatable bonds is 6. The van der Waals surface area contributed by atoms with Crippen molar-refractivity contribution in [2.75, 3.05) is 16.0 Å². The fraction of sp³-hybridized carbons (Fsp3) is 0.107. The highest BCUT2D eigenvalue weighted by Crippen LogP contribution is 2.38. The molecule has 0 spiro atoms. The van der Waals surface area contributed by atoms with Gasteiger partial charge in [0.05, 0.1) is 29.4 Å². The molecule has 0 amide bonds. The van der Waals surface area contributed by atoms with Crippen molar-refractivity contribution in [2.45, 2.75) is 12.5 Å². The molecular formula is C28H22ClN5O3S. The minimum atomic E-state index is -3.42. The quantitative estimate of drug-likeness (QED) is 0.271. The highest BCUT2D eigenvalue weighted by molar-refractivity contribution is 7.92. The van der Waals surface area contributed by atoms with E-state index < -0.39 is 10.0 Å². The van der Waals surface area contributed by atoms with Crippen LogP contribution >= 0.6 is 11.6 Å². The Morgan fingerprint density at radius 2 is 1.76 bits per heavy atom.